The minimum Gasteiger partial charge on any atom is -0.497 e. The lowest BCUT2D eigenvalue weighted by Crippen LogP contribution is -2.16. The van der Waals surface area contributed by atoms with E-state index < -0.39 is 0 Å². The van der Waals surface area contributed by atoms with Gasteiger partial charge in [-0.05, 0) is 67.3 Å². The molecule has 0 aliphatic rings. The molecule has 0 unspecified atom stereocenters. The number of aryl methyl sites for hydroxylation is 1. The number of ether oxygens (including phenoxy) is 1. The fourth-order valence-corrected chi connectivity index (χ4v) is 2.75. The van der Waals surface area contributed by atoms with Crippen LogP contribution in [0.1, 0.15) is 27.2 Å². The van der Waals surface area contributed by atoms with E-state index in [1.807, 2.05) is 56.3 Å². The molecule has 0 radical (unpaired) electrons. The Kier molecular flexibility index (Phi) is 6.22. The third-order valence-corrected chi connectivity index (χ3v) is 4.63. The SMILES string of the molecule is COc1ccc(CCNc2ccc(C(=O)Nc3cccc(C)c3C)nn2)cc1. The quantitative estimate of drug-likeness (QED) is 0.652. The summed E-state index contributed by atoms with van der Waals surface area (Å²) in [7, 11) is 1.65. The van der Waals surface area contributed by atoms with Crippen LogP contribution in [0.15, 0.2) is 54.6 Å². The first-order valence-corrected chi connectivity index (χ1v) is 9.15. The van der Waals surface area contributed by atoms with E-state index in [4.69, 9.17) is 4.74 Å². The van der Waals surface area contributed by atoms with Crippen LogP contribution < -0.4 is 15.4 Å². The summed E-state index contributed by atoms with van der Waals surface area (Å²) in [6.45, 7) is 4.71. The van der Waals surface area contributed by atoms with Crippen LogP contribution in [0.5, 0.6) is 5.75 Å². The van der Waals surface area contributed by atoms with Gasteiger partial charge in [-0.2, -0.15) is 0 Å². The van der Waals surface area contributed by atoms with E-state index in [2.05, 4.69) is 20.8 Å². The van der Waals surface area contributed by atoms with Gasteiger partial charge in [0.15, 0.2) is 5.69 Å². The Hall–Kier alpha value is -3.41. The number of anilines is 2. The van der Waals surface area contributed by atoms with Crippen molar-refractivity contribution in [1.82, 2.24) is 10.2 Å². The first-order valence-electron chi connectivity index (χ1n) is 9.15. The summed E-state index contributed by atoms with van der Waals surface area (Å²) in [5.41, 5.74) is 4.43. The molecular formula is C22H24N4O2. The molecule has 0 aliphatic heterocycles. The van der Waals surface area contributed by atoms with Gasteiger partial charge in [0.25, 0.3) is 5.91 Å². The molecule has 6 heteroatoms. The van der Waals surface area contributed by atoms with Gasteiger partial charge in [0.05, 0.1) is 7.11 Å². The number of hydrogen-bond acceptors (Lipinski definition) is 5. The van der Waals surface area contributed by atoms with Gasteiger partial charge < -0.3 is 15.4 Å². The number of nitrogens with one attached hydrogen (secondary N) is 2. The van der Waals surface area contributed by atoms with E-state index >= 15 is 0 Å². The molecule has 3 aromatic rings. The molecule has 28 heavy (non-hydrogen) atoms. The lowest BCUT2D eigenvalue weighted by molar-refractivity contribution is 0.102. The molecule has 144 valence electrons. The van der Waals surface area contributed by atoms with Crippen LogP contribution in [0.4, 0.5) is 11.5 Å². The average molecular weight is 376 g/mol. The van der Waals surface area contributed by atoms with Crippen molar-refractivity contribution < 1.29 is 9.53 Å². The number of rotatable bonds is 7. The predicted molar refractivity (Wildman–Crippen MR) is 111 cm³/mol. The van der Waals surface area contributed by atoms with Gasteiger partial charge in [0.2, 0.25) is 0 Å². The van der Waals surface area contributed by atoms with Crippen molar-refractivity contribution in [3.63, 3.8) is 0 Å². The van der Waals surface area contributed by atoms with Crippen LogP contribution in [0.25, 0.3) is 0 Å². The maximum atomic E-state index is 12.4. The van der Waals surface area contributed by atoms with E-state index in [0.29, 0.717) is 5.82 Å². The second-order valence-electron chi connectivity index (χ2n) is 6.53. The van der Waals surface area contributed by atoms with Crippen LogP contribution >= 0.6 is 0 Å². The van der Waals surface area contributed by atoms with Gasteiger partial charge >= 0.3 is 0 Å². The Labute approximate surface area is 165 Å². The van der Waals surface area contributed by atoms with Gasteiger partial charge in [0.1, 0.15) is 11.6 Å². The molecule has 2 aromatic carbocycles. The summed E-state index contributed by atoms with van der Waals surface area (Å²) in [5, 5.41) is 14.2. The van der Waals surface area contributed by atoms with Crippen molar-refractivity contribution in [2.45, 2.75) is 20.3 Å². The predicted octanol–water partition coefficient (Wildman–Crippen LogP) is 4.01. The highest BCUT2D eigenvalue weighted by molar-refractivity contribution is 6.03. The number of carbonyl (C=O) groups excluding carboxylic acids is 1. The molecule has 0 fully saturated rings. The van der Waals surface area contributed by atoms with E-state index in [1.165, 1.54) is 5.56 Å². The number of benzene rings is 2. The Morgan fingerprint density at radius 2 is 1.79 bits per heavy atom. The number of aromatic nitrogens is 2. The van der Waals surface area contributed by atoms with E-state index in [9.17, 15) is 4.79 Å². The van der Waals surface area contributed by atoms with Crippen LogP contribution in [0.2, 0.25) is 0 Å². The minimum atomic E-state index is -0.272. The number of carbonyl (C=O) groups is 1. The average Bonchev–Trinajstić information content (AvgIpc) is 2.72. The number of methoxy groups -OCH3 is 1. The highest BCUT2D eigenvalue weighted by Crippen LogP contribution is 2.18. The molecular weight excluding hydrogens is 352 g/mol. The van der Waals surface area contributed by atoms with Gasteiger partial charge in [-0.1, -0.05) is 24.3 Å². The molecule has 0 bridgehead atoms. The monoisotopic (exact) mass is 376 g/mol. The van der Waals surface area contributed by atoms with Gasteiger partial charge in [-0.25, -0.2) is 0 Å². The van der Waals surface area contributed by atoms with Crippen molar-refractivity contribution in [3.05, 3.63) is 77.0 Å². The van der Waals surface area contributed by atoms with Crippen molar-refractivity contribution in [1.29, 1.82) is 0 Å². The van der Waals surface area contributed by atoms with E-state index in [1.54, 1.807) is 19.2 Å². The van der Waals surface area contributed by atoms with Gasteiger partial charge in [-0.3, -0.25) is 4.79 Å². The topological polar surface area (TPSA) is 76.1 Å². The third-order valence-electron chi connectivity index (χ3n) is 4.63. The molecule has 0 saturated heterocycles. The fourth-order valence-electron chi connectivity index (χ4n) is 2.75. The second kappa shape index (κ2) is 8.99. The summed E-state index contributed by atoms with van der Waals surface area (Å²) < 4.78 is 5.16. The molecule has 1 amide bonds. The summed E-state index contributed by atoms with van der Waals surface area (Å²) in [6.07, 6.45) is 0.848. The molecule has 0 saturated carbocycles. The molecule has 0 atom stereocenters. The van der Waals surface area contributed by atoms with Crippen LogP contribution in [0.3, 0.4) is 0 Å². The van der Waals surface area contributed by atoms with Crippen LogP contribution in [-0.4, -0.2) is 29.8 Å². The minimum absolute atomic E-state index is 0.272. The smallest absolute Gasteiger partial charge is 0.276 e. The van der Waals surface area contributed by atoms with E-state index in [0.717, 1.165) is 35.5 Å². The summed E-state index contributed by atoms with van der Waals surface area (Å²) in [6, 6.07) is 17.2. The summed E-state index contributed by atoms with van der Waals surface area (Å²) in [5.74, 6) is 1.21. The maximum absolute atomic E-state index is 12.4. The Morgan fingerprint density at radius 1 is 1.00 bits per heavy atom. The van der Waals surface area contributed by atoms with Crippen molar-refractivity contribution in [2.75, 3.05) is 24.3 Å². The molecule has 2 N–H and O–H groups in total. The van der Waals surface area contributed by atoms with Crippen molar-refractivity contribution in [2.24, 2.45) is 0 Å². The highest BCUT2D eigenvalue weighted by Gasteiger charge is 2.10. The Morgan fingerprint density at radius 3 is 2.46 bits per heavy atom. The lowest BCUT2D eigenvalue weighted by Gasteiger charge is -2.10. The highest BCUT2D eigenvalue weighted by atomic mass is 16.5. The number of hydrogen-bond donors (Lipinski definition) is 2. The van der Waals surface area contributed by atoms with Gasteiger partial charge in [-0.15, -0.1) is 10.2 Å². The first-order chi connectivity index (χ1) is 13.6. The Bertz CT molecular complexity index is 938. The number of amides is 1. The maximum Gasteiger partial charge on any atom is 0.276 e. The van der Waals surface area contributed by atoms with Crippen molar-refractivity contribution >= 4 is 17.4 Å². The zero-order valence-electron chi connectivity index (χ0n) is 16.3. The second-order valence-corrected chi connectivity index (χ2v) is 6.53. The summed E-state index contributed by atoms with van der Waals surface area (Å²) in [4.78, 5) is 12.4. The number of nitrogens with zero attached hydrogens (tertiary/aromatic N) is 2. The Balaban J connectivity index is 1.53. The van der Waals surface area contributed by atoms with Gasteiger partial charge in [0, 0.05) is 12.2 Å². The van der Waals surface area contributed by atoms with Crippen LogP contribution in [0, 0.1) is 13.8 Å². The first kappa shape index (κ1) is 19.4. The molecule has 6 nitrogen and oxygen atoms in total. The molecule has 1 heterocycles. The third kappa shape index (κ3) is 4.85. The molecule has 0 spiro atoms. The summed E-state index contributed by atoms with van der Waals surface area (Å²) >= 11 is 0. The normalized spacial score (nSPS) is 10.4. The zero-order chi connectivity index (χ0) is 19.9. The molecule has 1 aromatic heterocycles. The fraction of sp³-hybridized carbons (Fsp3) is 0.227. The molecule has 3 rings (SSSR count). The lowest BCUT2D eigenvalue weighted by atomic mass is 10.1. The zero-order valence-corrected chi connectivity index (χ0v) is 16.3. The standard InChI is InChI=1S/C22H24N4O2/c1-15-5-4-6-19(16(15)2)24-22(27)20-11-12-21(26-25-20)23-14-13-17-7-9-18(28-3)10-8-17/h4-12H,13-14H2,1-3H3,(H,23,26)(H,24,27). The molecule has 0 aliphatic carbocycles. The van der Waals surface area contributed by atoms with Crippen LogP contribution in [-0.2, 0) is 6.42 Å². The van der Waals surface area contributed by atoms with Crippen molar-refractivity contribution in [3.8, 4) is 5.75 Å². The van der Waals surface area contributed by atoms with E-state index in [-0.39, 0.29) is 11.6 Å². The largest absolute Gasteiger partial charge is 0.497 e.